The van der Waals surface area contributed by atoms with Crippen molar-refractivity contribution in [3.63, 3.8) is 0 Å². The Morgan fingerprint density at radius 3 is 2.86 bits per heavy atom. The van der Waals surface area contributed by atoms with Gasteiger partial charge in [0, 0.05) is 19.1 Å². The summed E-state index contributed by atoms with van der Waals surface area (Å²) in [7, 11) is 0. The van der Waals surface area contributed by atoms with Crippen LogP contribution in [0.5, 0.6) is 0 Å². The van der Waals surface area contributed by atoms with Crippen molar-refractivity contribution < 1.29 is 9.53 Å². The topological polar surface area (TPSA) is 55.0 Å². The van der Waals surface area contributed by atoms with Gasteiger partial charge in [0.05, 0.1) is 11.3 Å². The fourth-order valence-corrected chi connectivity index (χ4v) is 1.94. The molecule has 0 spiro atoms. The molecule has 0 saturated carbocycles. The minimum absolute atomic E-state index is 0.265. The van der Waals surface area contributed by atoms with E-state index < -0.39 is 0 Å². The summed E-state index contributed by atoms with van der Waals surface area (Å²) >= 11 is 5.76. The van der Waals surface area contributed by atoms with E-state index in [0.29, 0.717) is 11.5 Å². The fraction of sp³-hybridized carbons (Fsp3) is 0.556. The highest BCUT2D eigenvalue weighted by Crippen LogP contribution is 2.29. The first-order chi connectivity index (χ1) is 6.83. The average molecular weight is 215 g/mol. The highest BCUT2D eigenvalue weighted by atomic mass is 35.5. The molecular formula is C9H11ClN2O2. The minimum atomic E-state index is 0.265. The molecule has 0 unspecified atom stereocenters. The summed E-state index contributed by atoms with van der Waals surface area (Å²) in [5, 5.41) is 6.92. The number of aromatic amines is 1. The number of carbonyl (C=O) groups is 1. The Morgan fingerprint density at radius 1 is 1.50 bits per heavy atom. The normalized spacial score (nSPS) is 18.4. The van der Waals surface area contributed by atoms with Gasteiger partial charge in [-0.05, 0) is 12.8 Å². The summed E-state index contributed by atoms with van der Waals surface area (Å²) in [5.74, 6) is 0.323. The molecule has 0 atom stereocenters. The first-order valence-corrected chi connectivity index (χ1v) is 4.97. The predicted octanol–water partition coefficient (Wildman–Crippen LogP) is 1.77. The van der Waals surface area contributed by atoms with Crippen molar-refractivity contribution in [3.05, 3.63) is 16.4 Å². The summed E-state index contributed by atoms with van der Waals surface area (Å²) < 4.78 is 5.25. The van der Waals surface area contributed by atoms with E-state index in [0.717, 1.165) is 38.0 Å². The van der Waals surface area contributed by atoms with Crippen molar-refractivity contribution >= 4 is 17.9 Å². The number of aromatic nitrogens is 2. The van der Waals surface area contributed by atoms with E-state index in [2.05, 4.69) is 10.2 Å². The summed E-state index contributed by atoms with van der Waals surface area (Å²) in [4.78, 5) is 10.8. The molecule has 14 heavy (non-hydrogen) atoms. The SMILES string of the molecule is O=Cc1c(Cl)n[nH]c1C1CCOCC1. The van der Waals surface area contributed by atoms with E-state index in [1.165, 1.54) is 0 Å². The number of nitrogens with zero attached hydrogens (tertiary/aromatic N) is 1. The maximum absolute atomic E-state index is 10.8. The molecule has 1 fully saturated rings. The van der Waals surface area contributed by atoms with Crippen molar-refractivity contribution in [1.82, 2.24) is 10.2 Å². The van der Waals surface area contributed by atoms with Crippen LogP contribution in [0.4, 0.5) is 0 Å². The quantitative estimate of drug-likeness (QED) is 0.764. The van der Waals surface area contributed by atoms with Crippen LogP contribution in [-0.4, -0.2) is 29.7 Å². The van der Waals surface area contributed by atoms with Crippen LogP contribution in [0.15, 0.2) is 0 Å². The van der Waals surface area contributed by atoms with Gasteiger partial charge in [0.2, 0.25) is 0 Å². The maximum atomic E-state index is 10.8. The van der Waals surface area contributed by atoms with Crippen molar-refractivity contribution in [2.45, 2.75) is 18.8 Å². The Balaban J connectivity index is 2.25. The molecule has 76 valence electrons. The van der Waals surface area contributed by atoms with Gasteiger partial charge in [0.25, 0.3) is 0 Å². The third-order valence-corrected chi connectivity index (χ3v) is 2.82. The zero-order valence-electron chi connectivity index (χ0n) is 7.62. The lowest BCUT2D eigenvalue weighted by molar-refractivity contribution is 0.0841. The minimum Gasteiger partial charge on any atom is -0.381 e. The first kappa shape index (κ1) is 9.68. The van der Waals surface area contributed by atoms with E-state index in [1.54, 1.807) is 0 Å². The summed E-state index contributed by atoms with van der Waals surface area (Å²) in [6, 6.07) is 0. The van der Waals surface area contributed by atoms with E-state index in [9.17, 15) is 4.79 Å². The molecule has 0 radical (unpaired) electrons. The molecule has 0 bridgehead atoms. The van der Waals surface area contributed by atoms with Crippen molar-refractivity contribution in [2.75, 3.05) is 13.2 Å². The Morgan fingerprint density at radius 2 is 2.21 bits per heavy atom. The van der Waals surface area contributed by atoms with Gasteiger partial charge >= 0.3 is 0 Å². The van der Waals surface area contributed by atoms with Crippen LogP contribution in [0.3, 0.4) is 0 Å². The molecule has 1 aliphatic heterocycles. The number of ether oxygens (including phenoxy) is 1. The second-order valence-electron chi connectivity index (χ2n) is 3.35. The fourth-order valence-electron chi connectivity index (χ4n) is 1.75. The van der Waals surface area contributed by atoms with Gasteiger partial charge in [-0.1, -0.05) is 11.6 Å². The number of hydrogen-bond donors (Lipinski definition) is 1. The molecule has 0 amide bonds. The van der Waals surface area contributed by atoms with Gasteiger partial charge in [-0.15, -0.1) is 0 Å². The Hall–Kier alpha value is -0.870. The number of H-pyrrole nitrogens is 1. The molecule has 5 heteroatoms. The van der Waals surface area contributed by atoms with Crippen LogP contribution in [0, 0.1) is 0 Å². The van der Waals surface area contributed by atoms with Crippen LogP contribution in [0.25, 0.3) is 0 Å². The molecule has 1 N–H and O–H groups in total. The molecule has 1 aromatic rings. The number of rotatable bonds is 2. The average Bonchev–Trinajstić information content (AvgIpc) is 2.61. The number of hydrogen-bond acceptors (Lipinski definition) is 3. The van der Waals surface area contributed by atoms with E-state index in [1.807, 2.05) is 0 Å². The Labute approximate surface area is 86.6 Å². The standard InChI is InChI=1S/C9H11ClN2O2/c10-9-7(5-13)8(11-12-9)6-1-3-14-4-2-6/h5-6H,1-4H2,(H,11,12). The molecule has 0 aliphatic carbocycles. The highest BCUT2D eigenvalue weighted by Gasteiger charge is 2.22. The molecule has 1 aromatic heterocycles. The van der Waals surface area contributed by atoms with E-state index >= 15 is 0 Å². The second kappa shape index (κ2) is 4.11. The number of carbonyl (C=O) groups excluding carboxylic acids is 1. The molecular weight excluding hydrogens is 204 g/mol. The monoisotopic (exact) mass is 214 g/mol. The van der Waals surface area contributed by atoms with Crippen LogP contribution in [0.2, 0.25) is 5.15 Å². The summed E-state index contributed by atoms with van der Waals surface area (Å²) in [6.07, 6.45) is 2.59. The van der Waals surface area contributed by atoms with Crippen LogP contribution in [-0.2, 0) is 4.74 Å². The van der Waals surface area contributed by atoms with Gasteiger partial charge in [-0.25, -0.2) is 0 Å². The predicted molar refractivity (Wildman–Crippen MR) is 51.8 cm³/mol. The summed E-state index contributed by atoms with van der Waals surface area (Å²) in [6.45, 7) is 1.47. The van der Waals surface area contributed by atoms with E-state index in [4.69, 9.17) is 16.3 Å². The zero-order valence-corrected chi connectivity index (χ0v) is 8.38. The number of nitrogens with one attached hydrogen (secondary N) is 1. The third-order valence-electron chi connectivity index (χ3n) is 2.53. The lowest BCUT2D eigenvalue weighted by Gasteiger charge is -2.20. The van der Waals surface area contributed by atoms with E-state index in [-0.39, 0.29) is 5.15 Å². The van der Waals surface area contributed by atoms with Crippen LogP contribution < -0.4 is 0 Å². The molecule has 4 nitrogen and oxygen atoms in total. The van der Waals surface area contributed by atoms with Crippen molar-refractivity contribution in [2.24, 2.45) is 0 Å². The zero-order chi connectivity index (χ0) is 9.97. The largest absolute Gasteiger partial charge is 0.381 e. The molecule has 2 rings (SSSR count). The smallest absolute Gasteiger partial charge is 0.161 e. The van der Waals surface area contributed by atoms with Gasteiger partial charge in [-0.3, -0.25) is 9.89 Å². The Bertz CT molecular complexity index is 332. The highest BCUT2D eigenvalue weighted by molar-refractivity contribution is 6.31. The lowest BCUT2D eigenvalue weighted by atomic mass is 9.94. The molecule has 0 aromatic carbocycles. The second-order valence-corrected chi connectivity index (χ2v) is 3.70. The van der Waals surface area contributed by atoms with Crippen LogP contribution >= 0.6 is 11.6 Å². The van der Waals surface area contributed by atoms with Gasteiger partial charge in [0.15, 0.2) is 11.4 Å². The molecule has 2 heterocycles. The first-order valence-electron chi connectivity index (χ1n) is 4.59. The lowest BCUT2D eigenvalue weighted by Crippen LogP contribution is -2.15. The third kappa shape index (κ3) is 1.67. The van der Waals surface area contributed by atoms with Gasteiger partial charge in [0.1, 0.15) is 0 Å². The number of aldehydes is 1. The van der Waals surface area contributed by atoms with Gasteiger partial charge in [-0.2, -0.15) is 5.10 Å². The van der Waals surface area contributed by atoms with Crippen molar-refractivity contribution in [1.29, 1.82) is 0 Å². The van der Waals surface area contributed by atoms with Crippen molar-refractivity contribution in [3.8, 4) is 0 Å². The molecule has 1 saturated heterocycles. The number of halogens is 1. The van der Waals surface area contributed by atoms with Crippen LogP contribution in [0.1, 0.15) is 34.8 Å². The maximum Gasteiger partial charge on any atom is 0.161 e. The Kier molecular flexibility index (Phi) is 2.84. The summed E-state index contributed by atoms with van der Waals surface area (Å²) in [5.41, 5.74) is 1.35. The molecule has 1 aliphatic rings. The van der Waals surface area contributed by atoms with Gasteiger partial charge < -0.3 is 4.74 Å².